The Kier molecular flexibility index (Phi) is 6.55. The van der Waals surface area contributed by atoms with Crippen LogP contribution in [0.1, 0.15) is 17.5 Å². The first-order chi connectivity index (χ1) is 13.5. The summed E-state index contributed by atoms with van der Waals surface area (Å²) in [6.07, 6.45) is 3.67. The van der Waals surface area contributed by atoms with Gasteiger partial charge in [-0.2, -0.15) is 0 Å². The molecule has 0 unspecified atom stereocenters. The third kappa shape index (κ3) is 5.50. The maximum absolute atomic E-state index is 11.9. The average Bonchev–Trinajstić information content (AvgIpc) is 2.92. The van der Waals surface area contributed by atoms with Crippen LogP contribution in [0.2, 0.25) is 5.02 Å². The van der Waals surface area contributed by atoms with Crippen LogP contribution in [0.5, 0.6) is 11.5 Å². The normalized spacial score (nSPS) is 13.1. The van der Waals surface area contributed by atoms with Crippen LogP contribution in [0.3, 0.4) is 0 Å². The number of amides is 1. The second-order valence-electron chi connectivity index (χ2n) is 6.21. The molecule has 0 aromatic heterocycles. The van der Waals surface area contributed by atoms with E-state index in [0.29, 0.717) is 35.4 Å². The lowest BCUT2D eigenvalue weighted by molar-refractivity contribution is -0.142. The maximum Gasteiger partial charge on any atom is 0.331 e. The minimum atomic E-state index is -0.621. The van der Waals surface area contributed by atoms with Gasteiger partial charge in [0.1, 0.15) is 0 Å². The molecule has 1 heterocycles. The number of anilines is 1. The van der Waals surface area contributed by atoms with Crippen LogP contribution in [-0.2, 0) is 14.3 Å². The van der Waals surface area contributed by atoms with Crippen molar-refractivity contribution in [1.82, 2.24) is 0 Å². The van der Waals surface area contributed by atoms with Crippen LogP contribution in [0.15, 0.2) is 42.5 Å². The van der Waals surface area contributed by atoms with E-state index in [9.17, 15) is 9.59 Å². The Bertz CT molecular complexity index is 910. The number of hydrogen-bond acceptors (Lipinski definition) is 5. The third-order valence-electron chi connectivity index (χ3n) is 3.98. The number of rotatable bonds is 5. The highest BCUT2D eigenvalue weighted by Crippen LogP contribution is 2.30. The van der Waals surface area contributed by atoms with E-state index in [2.05, 4.69) is 5.32 Å². The molecule has 0 saturated heterocycles. The number of esters is 1. The molecule has 2 aromatic rings. The Hall–Kier alpha value is -2.99. The fraction of sp³-hybridized carbons (Fsp3) is 0.238. The standard InChI is InChI=1S/C21H20ClNO5/c1-14-3-6-16(12-17(14)22)23-20(24)13-28-21(25)8-5-15-4-7-18-19(11-15)27-10-2-9-26-18/h3-8,11-12H,2,9-10,13H2,1H3,(H,23,24)/b8-5+. The van der Waals surface area contributed by atoms with E-state index in [1.165, 1.54) is 6.08 Å². The molecule has 0 atom stereocenters. The Labute approximate surface area is 168 Å². The molecule has 1 amide bonds. The van der Waals surface area contributed by atoms with Crippen molar-refractivity contribution in [3.63, 3.8) is 0 Å². The minimum absolute atomic E-state index is 0.393. The maximum atomic E-state index is 11.9. The van der Waals surface area contributed by atoms with E-state index in [4.69, 9.17) is 25.8 Å². The summed E-state index contributed by atoms with van der Waals surface area (Å²) in [6.45, 7) is 2.68. The molecular formula is C21H20ClNO5. The van der Waals surface area contributed by atoms with Crippen molar-refractivity contribution < 1.29 is 23.8 Å². The summed E-state index contributed by atoms with van der Waals surface area (Å²) >= 11 is 6.02. The number of hydrogen-bond donors (Lipinski definition) is 1. The van der Waals surface area contributed by atoms with Crippen LogP contribution in [0.25, 0.3) is 6.08 Å². The number of aryl methyl sites for hydroxylation is 1. The summed E-state index contributed by atoms with van der Waals surface area (Å²) in [4.78, 5) is 23.7. The van der Waals surface area contributed by atoms with Gasteiger partial charge in [0.15, 0.2) is 18.1 Å². The number of halogens is 1. The second-order valence-corrected chi connectivity index (χ2v) is 6.62. The van der Waals surface area contributed by atoms with E-state index in [1.54, 1.807) is 36.4 Å². The molecule has 0 aliphatic carbocycles. The molecule has 28 heavy (non-hydrogen) atoms. The molecule has 0 bridgehead atoms. The zero-order chi connectivity index (χ0) is 19.9. The number of nitrogens with one attached hydrogen (secondary N) is 1. The molecule has 6 nitrogen and oxygen atoms in total. The molecule has 146 valence electrons. The van der Waals surface area contributed by atoms with Gasteiger partial charge in [-0.15, -0.1) is 0 Å². The van der Waals surface area contributed by atoms with E-state index in [0.717, 1.165) is 17.5 Å². The van der Waals surface area contributed by atoms with Crippen molar-refractivity contribution in [2.75, 3.05) is 25.1 Å². The van der Waals surface area contributed by atoms with E-state index in [1.807, 2.05) is 13.0 Å². The van der Waals surface area contributed by atoms with E-state index < -0.39 is 18.5 Å². The smallest absolute Gasteiger partial charge is 0.331 e. The van der Waals surface area contributed by atoms with Gasteiger partial charge >= 0.3 is 5.97 Å². The molecule has 2 aromatic carbocycles. The predicted octanol–water partition coefficient (Wildman–Crippen LogP) is 4.00. The van der Waals surface area contributed by atoms with Crippen molar-refractivity contribution in [2.45, 2.75) is 13.3 Å². The monoisotopic (exact) mass is 401 g/mol. The number of carbonyl (C=O) groups excluding carboxylic acids is 2. The van der Waals surface area contributed by atoms with Gasteiger partial charge in [0.2, 0.25) is 0 Å². The lowest BCUT2D eigenvalue weighted by atomic mass is 10.2. The van der Waals surface area contributed by atoms with Crippen molar-refractivity contribution in [2.24, 2.45) is 0 Å². The van der Waals surface area contributed by atoms with Gasteiger partial charge in [0.05, 0.1) is 13.2 Å². The van der Waals surface area contributed by atoms with Crippen LogP contribution in [-0.4, -0.2) is 31.7 Å². The lowest BCUT2D eigenvalue weighted by Gasteiger charge is -2.08. The van der Waals surface area contributed by atoms with Gasteiger partial charge in [-0.05, 0) is 48.4 Å². The van der Waals surface area contributed by atoms with E-state index >= 15 is 0 Å². The highest BCUT2D eigenvalue weighted by Gasteiger charge is 2.10. The summed E-state index contributed by atoms with van der Waals surface area (Å²) < 4.78 is 16.1. The molecule has 1 N–H and O–H groups in total. The number of benzene rings is 2. The SMILES string of the molecule is Cc1ccc(NC(=O)COC(=O)/C=C/c2ccc3c(c2)OCCCO3)cc1Cl. The minimum Gasteiger partial charge on any atom is -0.490 e. The first-order valence-corrected chi connectivity index (χ1v) is 9.19. The first kappa shape index (κ1) is 19.8. The van der Waals surface area contributed by atoms with Gasteiger partial charge in [-0.1, -0.05) is 23.7 Å². The average molecular weight is 402 g/mol. The Morgan fingerprint density at radius 2 is 1.93 bits per heavy atom. The van der Waals surface area contributed by atoms with Gasteiger partial charge in [0.25, 0.3) is 5.91 Å². The highest BCUT2D eigenvalue weighted by molar-refractivity contribution is 6.31. The van der Waals surface area contributed by atoms with Crippen molar-refractivity contribution in [3.05, 3.63) is 58.6 Å². The zero-order valence-electron chi connectivity index (χ0n) is 15.4. The molecule has 1 aliphatic heterocycles. The van der Waals surface area contributed by atoms with Crippen molar-refractivity contribution >= 4 is 35.2 Å². The second kappa shape index (κ2) is 9.28. The van der Waals surface area contributed by atoms with Gasteiger partial charge in [-0.25, -0.2) is 4.79 Å². The third-order valence-corrected chi connectivity index (χ3v) is 4.39. The number of fused-ring (bicyclic) bond motifs is 1. The van der Waals surface area contributed by atoms with Gasteiger partial charge < -0.3 is 19.5 Å². The van der Waals surface area contributed by atoms with Crippen LogP contribution in [0, 0.1) is 6.92 Å². The summed E-state index contributed by atoms with van der Waals surface area (Å²) in [5, 5.41) is 3.17. The Morgan fingerprint density at radius 3 is 2.71 bits per heavy atom. The fourth-order valence-electron chi connectivity index (χ4n) is 2.50. The molecule has 3 rings (SSSR count). The molecule has 0 radical (unpaired) electrons. The summed E-state index contributed by atoms with van der Waals surface area (Å²) in [7, 11) is 0. The largest absolute Gasteiger partial charge is 0.490 e. The first-order valence-electron chi connectivity index (χ1n) is 8.82. The quantitative estimate of drug-likeness (QED) is 0.605. The molecule has 0 saturated carbocycles. The van der Waals surface area contributed by atoms with Crippen LogP contribution >= 0.6 is 11.6 Å². The molecule has 0 fully saturated rings. The predicted molar refractivity (Wildman–Crippen MR) is 107 cm³/mol. The van der Waals surface area contributed by atoms with Crippen molar-refractivity contribution in [1.29, 1.82) is 0 Å². The van der Waals surface area contributed by atoms with Crippen LogP contribution < -0.4 is 14.8 Å². The molecule has 0 spiro atoms. The highest BCUT2D eigenvalue weighted by atomic mass is 35.5. The van der Waals surface area contributed by atoms with E-state index in [-0.39, 0.29) is 0 Å². The topological polar surface area (TPSA) is 73.9 Å². The zero-order valence-corrected chi connectivity index (χ0v) is 16.1. The Balaban J connectivity index is 1.50. The summed E-state index contributed by atoms with van der Waals surface area (Å²) in [6, 6.07) is 10.6. The Morgan fingerprint density at radius 1 is 1.14 bits per heavy atom. The van der Waals surface area contributed by atoms with Gasteiger partial charge in [0, 0.05) is 23.2 Å². The summed E-state index contributed by atoms with van der Waals surface area (Å²) in [5.74, 6) is 0.260. The van der Waals surface area contributed by atoms with Crippen LogP contribution in [0.4, 0.5) is 5.69 Å². The fourth-order valence-corrected chi connectivity index (χ4v) is 2.68. The molecule has 1 aliphatic rings. The van der Waals surface area contributed by atoms with Gasteiger partial charge in [-0.3, -0.25) is 4.79 Å². The summed E-state index contributed by atoms with van der Waals surface area (Å²) in [5.41, 5.74) is 2.21. The number of carbonyl (C=O) groups is 2. The van der Waals surface area contributed by atoms with Crippen molar-refractivity contribution in [3.8, 4) is 11.5 Å². The lowest BCUT2D eigenvalue weighted by Crippen LogP contribution is -2.20. The molecule has 7 heteroatoms. The molecular weight excluding hydrogens is 382 g/mol. The number of ether oxygens (including phenoxy) is 3.